The second kappa shape index (κ2) is 5.73. The van der Waals surface area contributed by atoms with Crippen molar-refractivity contribution < 1.29 is 4.42 Å². The second-order valence-electron chi connectivity index (χ2n) is 5.20. The molecule has 0 aliphatic heterocycles. The van der Waals surface area contributed by atoms with Gasteiger partial charge in [0.1, 0.15) is 0 Å². The van der Waals surface area contributed by atoms with Crippen LogP contribution in [0.4, 0.5) is 0 Å². The number of benzene rings is 1. The molecule has 6 heteroatoms. The molecule has 3 rings (SSSR count). The minimum absolute atomic E-state index is 0.421. The molecule has 0 amide bonds. The second-order valence-corrected chi connectivity index (χ2v) is 5.59. The molecule has 0 radical (unpaired) electrons. The van der Waals surface area contributed by atoms with Crippen molar-refractivity contribution in [2.24, 2.45) is 5.10 Å². The molecule has 0 bridgehead atoms. The number of hydrogen-bond donors (Lipinski definition) is 1. The van der Waals surface area contributed by atoms with E-state index >= 15 is 0 Å². The predicted molar refractivity (Wildman–Crippen MR) is 88.8 cm³/mol. The standard InChI is InChI=1S/C16H16N4OS/c1-10-7-11(2)13(12(3)8-10)9-17-20-15(18-19-16(20)22)14-5-4-6-21-14/h4-9H,1-3H3,(H,19,22)/b17-9-. The normalized spacial score (nSPS) is 11.4. The first kappa shape index (κ1) is 14.5. The lowest BCUT2D eigenvalue weighted by Crippen LogP contribution is -1.98. The summed E-state index contributed by atoms with van der Waals surface area (Å²) in [7, 11) is 0. The fourth-order valence-corrected chi connectivity index (χ4v) is 2.65. The maximum absolute atomic E-state index is 5.37. The molecule has 5 nitrogen and oxygen atoms in total. The molecule has 0 aliphatic rings. The van der Waals surface area contributed by atoms with Gasteiger partial charge in [0.2, 0.25) is 10.6 Å². The number of nitrogens with zero attached hydrogens (tertiary/aromatic N) is 3. The van der Waals surface area contributed by atoms with Gasteiger partial charge in [-0.3, -0.25) is 0 Å². The highest BCUT2D eigenvalue weighted by Crippen LogP contribution is 2.18. The smallest absolute Gasteiger partial charge is 0.219 e. The molecule has 0 saturated heterocycles. The van der Waals surface area contributed by atoms with E-state index in [2.05, 4.69) is 48.2 Å². The Hall–Kier alpha value is -2.47. The number of nitrogens with one attached hydrogen (secondary N) is 1. The molecule has 0 fully saturated rings. The van der Waals surface area contributed by atoms with Gasteiger partial charge in [0.05, 0.1) is 12.5 Å². The van der Waals surface area contributed by atoms with E-state index in [4.69, 9.17) is 16.6 Å². The molecule has 1 aromatic carbocycles. The summed E-state index contributed by atoms with van der Waals surface area (Å²) in [6.07, 6.45) is 3.40. The molecule has 2 aromatic heterocycles. The Bertz CT molecular complexity index is 864. The van der Waals surface area contributed by atoms with E-state index in [1.54, 1.807) is 17.0 Å². The van der Waals surface area contributed by atoms with Gasteiger partial charge in [0.15, 0.2) is 5.76 Å². The van der Waals surface area contributed by atoms with Gasteiger partial charge >= 0.3 is 0 Å². The summed E-state index contributed by atoms with van der Waals surface area (Å²) in [5.74, 6) is 1.16. The lowest BCUT2D eigenvalue weighted by Gasteiger charge is -2.06. The summed E-state index contributed by atoms with van der Waals surface area (Å²) < 4.78 is 7.35. The Morgan fingerprint density at radius 1 is 1.27 bits per heavy atom. The first-order valence-corrected chi connectivity index (χ1v) is 7.30. The van der Waals surface area contributed by atoms with Crippen molar-refractivity contribution in [3.8, 4) is 11.6 Å². The molecule has 0 spiro atoms. The van der Waals surface area contributed by atoms with Crippen LogP contribution in [0, 0.1) is 25.5 Å². The molecule has 0 unspecified atom stereocenters. The van der Waals surface area contributed by atoms with Gasteiger partial charge in [-0.2, -0.15) is 9.78 Å². The third-order valence-electron chi connectivity index (χ3n) is 3.43. The van der Waals surface area contributed by atoms with Crippen LogP contribution < -0.4 is 0 Å². The molecule has 0 atom stereocenters. The number of hydrogen-bond acceptors (Lipinski definition) is 4. The third kappa shape index (κ3) is 2.65. The third-order valence-corrected chi connectivity index (χ3v) is 3.70. The predicted octanol–water partition coefficient (Wildman–Crippen LogP) is 4.01. The lowest BCUT2D eigenvalue weighted by atomic mass is 10.0. The summed E-state index contributed by atoms with van der Waals surface area (Å²) in [4.78, 5) is 0. The van der Waals surface area contributed by atoms with E-state index in [-0.39, 0.29) is 0 Å². The number of furan rings is 1. The van der Waals surface area contributed by atoms with Crippen LogP contribution in [0.5, 0.6) is 0 Å². The molecule has 0 saturated carbocycles. The Balaban J connectivity index is 2.05. The maximum Gasteiger partial charge on any atom is 0.219 e. The van der Waals surface area contributed by atoms with Crippen molar-refractivity contribution in [2.45, 2.75) is 20.8 Å². The van der Waals surface area contributed by atoms with Gasteiger partial charge in [-0.25, -0.2) is 5.10 Å². The maximum atomic E-state index is 5.37. The number of aryl methyl sites for hydroxylation is 3. The molecule has 3 aromatic rings. The minimum Gasteiger partial charge on any atom is -0.461 e. The zero-order chi connectivity index (χ0) is 15.7. The average molecular weight is 312 g/mol. The van der Waals surface area contributed by atoms with Crippen molar-refractivity contribution in [3.63, 3.8) is 0 Å². The number of rotatable bonds is 3. The summed E-state index contributed by atoms with van der Waals surface area (Å²) in [5, 5.41) is 11.4. The summed E-state index contributed by atoms with van der Waals surface area (Å²) in [6, 6.07) is 7.89. The number of aromatic amines is 1. The van der Waals surface area contributed by atoms with E-state index in [0.717, 1.165) is 5.56 Å². The van der Waals surface area contributed by atoms with Gasteiger partial charge < -0.3 is 4.42 Å². The van der Waals surface area contributed by atoms with Crippen LogP contribution in [0.15, 0.2) is 40.0 Å². The Kier molecular flexibility index (Phi) is 3.77. The molecule has 2 heterocycles. The summed E-state index contributed by atoms with van der Waals surface area (Å²) in [6.45, 7) is 6.23. The van der Waals surface area contributed by atoms with Crippen molar-refractivity contribution in [3.05, 3.63) is 57.6 Å². The first-order chi connectivity index (χ1) is 10.6. The van der Waals surface area contributed by atoms with Crippen LogP contribution in [-0.4, -0.2) is 21.1 Å². The van der Waals surface area contributed by atoms with Crippen LogP contribution >= 0.6 is 12.2 Å². The van der Waals surface area contributed by atoms with Crippen LogP contribution in [0.25, 0.3) is 11.6 Å². The van der Waals surface area contributed by atoms with E-state index in [0.29, 0.717) is 16.4 Å². The highest BCUT2D eigenvalue weighted by molar-refractivity contribution is 7.71. The molecule has 112 valence electrons. The molecule has 1 N–H and O–H groups in total. The average Bonchev–Trinajstić information content (AvgIpc) is 3.07. The summed E-state index contributed by atoms with van der Waals surface area (Å²) in [5.41, 5.74) is 4.68. The number of aromatic nitrogens is 3. The van der Waals surface area contributed by atoms with Crippen LogP contribution in [0.3, 0.4) is 0 Å². The van der Waals surface area contributed by atoms with E-state index < -0.39 is 0 Å². The zero-order valence-corrected chi connectivity index (χ0v) is 13.4. The van der Waals surface area contributed by atoms with Gasteiger partial charge in [0.25, 0.3) is 0 Å². The van der Waals surface area contributed by atoms with Crippen molar-refractivity contribution >= 4 is 18.4 Å². The Morgan fingerprint density at radius 3 is 2.64 bits per heavy atom. The van der Waals surface area contributed by atoms with E-state index in [9.17, 15) is 0 Å². The monoisotopic (exact) mass is 312 g/mol. The van der Waals surface area contributed by atoms with Crippen molar-refractivity contribution in [1.29, 1.82) is 0 Å². The lowest BCUT2D eigenvalue weighted by molar-refractivity contribution is 0.573. The van der Waals surface area contributed by atoms with Crippen molar-refractivity contribution in [1.82, 2.24) is 14.9 Å². The van der Waals surface area contributed by atoms with Gasteiger partial charge in [0, 0.05) is 5.56 Å². The molecular formula is C16H16N4OS. The summed E-state index contributed by atoms with van der Waals surface area (Å²) >= 11 is 5.24. The largest absolute Gasteiger partial charge is 0.461 e. The van der Waals surface area contributed by atoms with Crippen LogP contribution in [0.2, 0.25) is 0 Å². The SMILES string of the molecule is Cc1cc(C)c(/C=N\n2c(-c3ccco3)n[nH]c2=S)c(C)c1. The zero-order valence-electron chi connectivity index (χ0n) is 12.6. The van der Waals surface area contributed by atoms with Crippen LogP contribution in [-0.2, 0) is 0 Å². The van der Waals surface area contributed by atoms with Gasteiger partial charge in [-0.05, 0) is 56.2 Å². The highest BCUT2D eigenvalue weighted by atomic mass is 32.1. The quantitative estimate of drug-likeness (QED) is 0.587. The molecular weight excluding hydrogens is 296 g/mol. The van der Waals surface area contributed by atoms with E-state index in [1.165, 1.54) is 16.7 Å². The van der Waals surface area contributed by atoms with Crippen molar-refractivity contribution in [2.75, 3.05) is 0 Å². The fraction of sp³-hybridized carbons (Fsp3) is 0.188. The molecule has 0 aliphatic carbocycles. The van der Waals surface area contributed by atoms with E-state index in [1.807, 2.05) is 12.3 Å². The Labute approximate surface area is 133 Å². The Morgan fingerprint density at radius 2 is 2.00 bits per heavy atom. The highest BCUT2D eigenvalue weighted by Gasteiger charge is 2.10. The topological polar surface area (TPSA) is 59.1 Å². The first-order valence-electron chi connectivity index (χ1n) is 6.90. The fourth-order valence-electron chi connectivity index (χ4n) is 2.47. The van der Waals surface area contributed by atoms with Crippen LogP contribution in [0.1, 0.15) is 22.3 Å². The van der Waals surface area contributed by atoms with Gasteiger partial charge in [-0.15, -0.1) is 5.10 Å². The number of H-pyrrole nitrogens is 1. The minimum atomic E-state index is 0.421. The molecule has 22 heavy (non-hydrogen) atoms. The van der Waals surface area contributed by atoms with Gasteiger partial charge in [-0.1, -0.05) is 17.7 Å².